The summed E-state index contributed by atoms with van der Waals surface area (Å²) in [7, 11) is 0. The van der Waals surface area contributed by atoms with E-state index in [0.29, 0.717) is 29.5 Å². The number of anilines is 2. The Balaban J connectivity index is 1.55. The molecule has 0 aliphatic carbocycles. The summed E-state index contributed by atoms with van der Waals surface area (Å²) in [6.45, 7) is 4.59. The molecule has 2 aromatic carbocycles. The molecule has 1 aromatic heterocycles. The summed E-state index contributed by atoms with van der Waals surface area (Å²) in [5.74, 6) is 0.255. The van der Waals surface area contributed by atoms with E-state index in [1.807, 2.05) is 50.2 Å². The van der Waals surface area contributed by atoms with Gasteiger partial charge in [-0.15, -0.1) is 0 Å². The van der Waals surface area contributed by atoms with Gasteiger partial charge in [0.2, 0.25) is 5.95 Å². The lowest BCUT2D eigenvalue weighted by Crippen LogP contribution is -2.26. The van der Waals surface area contributed by atoms with Crippen LogP contribution in [0.3, 0.4) is 0 Å². The van der Waals surface area contributed by atoms with E-state index >= 15 is 0 Å². The van der Waals surface area contributed by atoms with Gasteiger partial charge in [0.05, 0.1) is 5.56 Å². The second-order valence-corrected chi connectivity index (χ2v) is 6.87. The summed E-state index contributed by atoms with van der Waals surface area (Å²) in [5.41, 5.74) is 4.74. The van der Waals surface area contributed by atoms with E-state index < -0.39 is 0 Å². The van der Waals surface area contributed by atoms with Crippen LogP contribution in [0.2, 0.25) is 5.02 Å². The molecule has 0 radical (unpaired) electrons. The number of benzene rings is 2. The SMILES string of the molecule is Cc1cc(C)cc(Nc2ncc(C(=O)NCCc3cccc(Cl)c3)cn2)c1. The average molecular weight is 381 g/mol. The molecule has 0 aliphatic rings. The van der Waals surface area contributed by atoms with E-state index in [4.69, 9.17) is 11.6 Å². The Kier molecular flexibility index (Phi) is 6.04. The van der Waals surface area contributed by atoms with Crippen LogP contribution < -0.4 is 10.6 Å². The highest BCUT2D eigenvalue weighted by atomic mass is 35.5. The van der Waals surface area contributed by atoms with E-state index in [1.165, 1.54) is 12.4 Å². The van der Waals surface area contributed by atoms with Crippen LogP contribution in [-0.4, -0.2) is 22.4 Å². The van der Waals surface area contributed by atoms with Gasteiger partial charge < -0.3 is 10.6 Å². The van der Waals surface area contributed by atoms with Gasteiger partial charge in [-0.05, 0) is 61.2 Å². The van der Waals surface area contributed by atoms with Crippen molar-refractivity contribution in [1.29, 1.82) is 0 Å². The maximum absolute atomic E-state index is 12.2. The Morgan fingerprint density at radius 1 is 1.04 bits per heavy atom. The number of carbonyl (C=O) groups excluding carboxylic acids is 1. The monoisotopic (exact) mass is 380 g/mol. The Morgan fingerprint density at radius 3 is 2.41 bits per heavy atom. The zero-order chi connectivity index (χ0) is 19.2. The molecule has 138 valence electrons. The molecule has 0 saturated heterocycles. The van der Waals surface area contributed by atoms with Crippen LogP contribution in [0, 0.1) is 13.8 Å². The molecule has 0 spiro atoms. The number of nitrogens with one attached hydrogen (secondary N) is 2. The predicted octanol–water partition coefficient (Wildman–Crippen LogP) is 4.46. The van der Waals surface area contributed by atoms with Gasteiger partial charge in [-0.25, -0.2) is 9.97 Å². The van der Waals surface area contributed by atoms with Crippen molar-refractivity contribution < 1.29 is 4.79 Å². The van der Waals surface area contributed by atoms with E-state index in [-0.39, 0.29) is 5.91 Å². The Morgan fingerprint density at radius 2 is 1.74 bits per heavy atom. The zero-order valence-electron chi connectivity index (χ0n) is 15.3. The van der Waals surface area contributed by atoms with Crippen molar-refractivity contribution >= 4 is 29.1 Å². The first kappa shape index (κ1) is 18.9. The molecule has 0 saturated carbocycles. The second-order valence-electron chi connectivity index (χ2n) is 6.43. The van der Waals surface area contributed by atoms with Gasteiger partial charge in [0.1, 0.15) is 0 Å². The lowest BCUT2D eigenvalue weighted by atomic mass is 10.1. The van der Waals surface area contributed by atoms with Gasteiger partial charge in [0.25, 0.3) is 5.91 Å². The second kappa shape index (κ2) is 8.64. The predicted molar refractivity (Wildman–Crippen MR) is 109 cm³/mol. The van der Waals surface area contributed by atoms with Gasteiger partial charge >= 0.3 is 0 Å². The minimum absolute atomic E-state index is 0.199. The average Bonchev–Trinajstić information content (AvgIpc) is 2.61. The van der Waals surface area contributed by atoms with Crippen LogP contribution in [-0.2, 0) is 6.42 Å². The largest absolute Gasteiger partial charge is 0.352 e. The van der Waals surface area contributed by atoms with Crippen molar-refractivity contribution in [3.63, 3.8) is 0 Å². The van der Waals surface area contributed by atoms with E-state index in [9.17, 15) is 4.79 Å². The minimum Gasteiger partial charge on any atom is -0.352 e. The van der Waals surface area contributed by atoms with Gasteiger partial charge in [-0.2, -0.15) is 0 Å². The molecule has 1 heterocycles. The highest BCUT2D eigenvalue weighted by Crippen LogP contribution is 2.17. The summed E-state index contributed by atoms with van der Waals surface area (Å²) >= 11 is 5.96. The Bertz CT molecular complexity index is 921. The lowest BCUT2D eigenvalue weighted by Gasteiger charge is -2.08. The zero-order valence-corrected chi connectivity index (χ0v) is 16.0. The molecule has 1 amide bonds. The third kappa shape index (κ3) is 5.53. The molecule has 3 rings (SSSR count). The first-order chi connectivity index (χ1) is 13.0. The lowest BCUT2D eigenvalue weighted by molar-refractivity contribution is 0.0953. The van der Waals surface area contributed by atoms with Gasteiger partial charge in [-0.3, -0.25) is 4.79 Å². The topological polar surface area (TPSA) is 66.9 Å². The molecule has 0 unspecified atom stereocenters. The number of aryl methyl sites for hydroxylation is 2. The van der Waals surface area contributed by atoms with Crippen molar-refractivity contribution in [2.75, 3.05) is 11.9 Å². The highest BCUT2D eigenvalue weighted by molar-refractivity contribution is 6.30. The standard InChI is InChI=1S/C21H21ClN4O/c1-14-8-15(2)10-19(9-14)26-21-24-12-17(13-25-21)20(27)23-7-6-16-4-3-5-18(22)11-16/h3-5,8-13H,6-7H2,1-2H3,(H,23,27)(H,24,25,26). The molecule has 3 aromatic rings. The molecule has 0 fully saturated rings. The smallest absolute Gasteiger partial charge is 0.254 e. The van der Waals surface area contributed by atoms with Crippen LogP contribution >= 0.6 is 11.6 Å². The van der Waals surface area contributed by atoms with E-state index in [2.05, 4.69) is 26.7 Å². The fourth-order valence-corrected chi connectivity index (χ4v) is 3.01. The van der Waals surface area contributed by atoms with Crippen molar-refractivity contribution in [2.45, 2.75) is 20.3 Å². The molecule has 27 heavy (non-hydrogen) atoms. The molecule has 0 aliphatic heterocycles. The molecule has 5 nitrogen and oxygen atoms in total. The van der Waals surface area contributed by atoms with Crippen LogP contribution in [0.4, 0.5) is 11.6 Å². The summed E-state index contributed by atoms with van der Waals surface area (Å²) < 4.78 is 0. The maximum Gasteiger partial charge on any atom is 0.254 e. The first-order valence-corrected chi connectivity index (χ1v) is 9.07. The minimum atomic E-state index is -0.199. The normalized spacial score (nSPS) is 10.5. The van der Waals surface area contributed by atoms with Crippen molar-refractivity contribution in [3.05, 3.63) is 82.1 Å². The molecule has 0 atom stereocenters. The molecular weight excluding hydrogens is 360 g/mol. The molecule has 2 N–H and O–H groups in total. The van der Waals surface area contributed by atoms with Crippen molar-refractivity contribution in [2.24, 2.45) is 0 Å². The molecule has 0 bridgehead atoms. The first-order valence-electron chi connectivity index (χ1n) is 8.69. The number of halogens is 1. The third-order valence-electron chi connectivity index (χ3n) is 3.98. The van der Waals surface area contributed by atoms with Crippen LogP contribution in [0.15, 0.2) is 54.9 Å². The fraction of sp³-hybridized carbons (Fsp3) is 0.190. The van der Waals surface area contributed by atoms with Crippen LogP contribution in [0.5, 0.6) is 0 Å². The molecule has 6 heteroatoms. The number of carbonyl (C=O) groups is 1. The van der Waals surface area contributed by atoms with Gasteiger partial charge in [0, 0.05) is 29.6 Å². The number of nitrogens with zero attached hydrogens (tertiary/aromatic N) is 2. The number of hydrogen-bond acceptors (Lipinski definition) is 4. The third-order valence-corrected chi connectivity index (χ3v) is 4.22. The Labute approximate surface area is 163 Å². The summed E-state index contributed by atoms with van der Waals surface area (Å²) in [4.78, 5) is 20.7. The van der Waals surface area contributed by atoms with E-state index in [1.54, 1.807) is 0 Å². The van der Waals surface area contributed by atoms with E-state index in [0.717, 1.165) is 22.4 Å². The summed E-state index contributed by atoms with van der Waals surface area (Å²) in [6, 6.07) is 13.7. The quantitative estimate of drug-likeness (QED) is 0.662. The highest BCUT2D eigenvalue weighted by Gasteiger charge is 2.07. The number of rotatable bonds is 6. The van der Waals surface area contributed by atoms with Crippen LogP contribution in [0.25, 0.3) is 0 Å². The molecular formula is C21H21ClN4O. The summed E-state index contributed by atoms with van der Waals surface area (Å²) in [6.07, 6.45) is 3.75. The Hall–Kier alpha value is -2.92. The van der Waals surface area contributed by atoms with Gasteiger partial charge in [-0.1, -0.05) is 29.8 Å². The number of aromatic nitrogens is 2. The number of hydrogen-bond donors (Lipinski definition) is 2. The summed E-state index contributed by atoms with van der Waals surface area (Å²) in [5, 5.41) is 6.72. The number of amides is 1. The van der Waals surface area contributed by atoms with Gasteiger partial charge in [0.15, 0.2) is 0 Å². The van der Waals surface area contributed by atoms with Crippen molar-refractivity contribution in [1.82, 2.24) is 15.3 Å². The van der Waals surface area contributed by atoms with Crippen molar-refractivity contribution in [3.8, 4) is 0 Å². The van der Waals surface area contributed by atoms with Crippen LogP contribution in [0.1, 0.15) is 27.0 Å². The maximum atomic E-state index is 12.2. The fourth-order valence-electron chi connectivity index (χ4n) is 2.80.